The summed E-state index contributed by atoms with van der Waals surface area (Å²) in [7, 11) is 1.81. The largest absolute Gasteiger partial charge is 0.337 e. The van der Waals surface area contributed by atoms with Crippen molar-refractivity contribution in [1.82, 2.24) is 14.7 Å². The predicted molar refractivity (Wildman–Crippen MR) is 68.0 cm³/mol. The van der Waals surface area contributed by atoms with Crippen LogP contribution in [0.1, 0.15) is 30.0 Å². The highest BCUT2D eigenvalue weighted by atomic mass is 79.9. The second-order valence-corrected chi connectivity index (χ2v) is 4.36. The molecule has 0 radical (unpaired) electrons. The summed E-state index contributed by atoms with van der Waals surface area (Å²) in [5.74, 6) is 0.0525. The number of carbonyl (C=O) groups is 1. The number of nitrogens with zero attached hydrogens (tertiary/aromatic N) is 3. The van der Waals surface area contributed by atoms with Gasteiger partial charge in [-0.3, -0.25) is 9.48 Å². The third-order valence-electron chi connectivity index (χ3n) is 2.54. The number of hydrogen-bond acceptors (Lipinski definition) is 2. The van der Waals surface area contributed by atoms with E-state index in [1.54, 1.807) is 4.68 Å². The van der Waals surface area contributed by atoms with Crippen molar-refractivity contribution < 1.29 is 4.79 Å². The molecule has 5 heteroatoms. The van der Waals surface area contributed by atoms with Crippen LogP contribution in [0.4, 0.5) is 0 Å². The molecule has 90 valence electrons. The van der Waals surface area contributed by atoms with Gasteiger partial charge in [0.15, 0.2) is 0 Å². The molecule has 0 aliphatic rings. The van der Waals surface area contributed by atoms with Crippen LogP contribution >= 0.6 is 15.9 Å². The molecule has 0 aromatic carbocycles. The molecule has 1 amide bonds. The molecule has 0 saturated carbocycles. The molecule has 0 aliphatic heterocycles. The Morgan fingerprint density at radius 2 is 2.25 bits per heavy atom. The van der Waals surface area contributed by atoms with Gasteiger partial charge in [0, 0.05) is 25.5 Å². The van der Waals surface area contributed by atoms with Crippen LogP contribution in [0.25, 0.3) is 0 Å². The summed E-state index contributed by atoms with van der Waals surface area (Å²) in [4.78, 5) is 14.0. The molecule has 0 bridgehead atoms. The fraction of sp³-hybridized carbons (Fsp3) is 0.636. The van der Waals surface area contributed by atoms with Crippen LogP contribution in [-0.2, 0) is 13.5 Å². The normalized spacial score (nSPS) is 10.5. The van der Waals surface area contributed by atoms with Gasteiger partial charge < -0.3 is 4.90 Å². The van der Waals surface area contributed by atoms with Gasteiger partial charge >= 0.3 is 0 Å². The van der Waals surface area contributed by atoms with Crippen molar-refractivity contribution in [2.75, 3.05) is 18.4 Å². The highest BCUT2D eigenvalue weighted by molar-refractivity contribution is 9.09. The topological polar surface area (TPSA) is 38.1 Å². The summed E-state index contributed by atoms with van der Waals surface area (Å²) < 4.78 is 1.66. The molecule has 0 unspecified atom stereocenters. The fourth-order valence-corrected chi connectivity index (χ4v) is 1.99. The lowest BCUT2D eigenvalue weighted by atomic mass is 10.3. The van der Waals surface area contributed by atoms with E-state index in [0.29, 0.717) is 5.69 Å². The Morgan fingerprint density at radius 1 is 1.56 bits per heavy atom. The van der Waals surface area contributed by atoms with E-state index in [-0.39, 0.29) is 5.91 Å². The minimum atomic E-state index is 0.0525. The van der Waals surface area contributed by atoms with Gasteiger partial charge in [0.2, 0.25) is 0 Å². The lowest BCUT2D eigenvalue weighted by Crippen LogP contribution is -2.33. The van der Waals surface area contributed by atoms with E-state index in [2.05, 4.69) is 21.0 Å². The van der Waals surface area contributed by atoms with E-state index in [0.717, 1.165) is 30.5 Å². The van der Waals surface area contributed by atoms with Crippen LogP contribution in [0.5, 0.6) is 0 Å². The monoisotopic (exact) mass is 287 g/mol. The summed E-state index contributed by atoms with van der Waals surface area (Å²) in [6, 6.07) is 1.87. The van der Waals surface area contributed by atoms with Gasteiger partial charge in [-0.05, 0) is 19.4 Å². The maximum Gasteiger partial charge on any atom is 0.272 e. The molecular formula is C11H18BrN3O. The first-order valence-electron chi connectivity index (χ1n) is 5.52. The van der Waals surface area contributed by atoms with E-state index in [4.69, 9.17) is 0 Å². The van der Waals surface area contributed by atoms with Crippen LogP contribution in [-0.4, -0.2) is 39.0 Å². The van der Waals surface area contributed by atoms with Crippen LogP contribution < -0.4 is 0 Å². The van der Waals surface area contributed by atoms with Crippen molar-refractivity contribution in [3.63, 3.8) is 0 Å². The van der Waals surface area contributed by atoms with Gasteiger partial charge in [-0.15, -0.1) is 0 Å². The maximum atomic E-state index is 12.2. The molecule has 0 spiro atoms. The van der Waals surface area contributed by atoms with E-state index >= 15 is 0 Å². The van der Waals surface area contributed by atoms with E-state index in [1.165, 1.54) is 0 Å². The Labute approximate surface area is 105 Å². The molecule has 0 saturated heterocycles. The Bertz CT molecular complexity index is 362. The Hall–Kier alpha value is -0.840. The molecular weight excluding hydrogens is 270 g/mol. The average Bonchev–Trinajstić information content (AvgIpc) is 2.66. The van der Waals surface area contributed by atoms with Gasteiger partial charge in [-0.1, -0.05) is 22.9 Å². The second kappa shape index (κ2) is 6.03. The molecule has 0 aliphatic carbocycles. The standard InChI is InChI=1S/C11H18BrN3O/c1-4-9-8-10(14(3)13-9)11(16)15(5-2)7-6-12/h8H,4-7H2,1-3H3. The Morgan fingerprint density at radius 3 is 2.69 bits per heavy atom. The van der Waals surface area contributed by atoms with Gasteiger partial charge in [0.05, 0.1) is 5.69 Å². The Kier molecular flexibility index (Phi) is 4.99. The van der Waals surface area contributed by atoms with Crippen molar-refractivity contribution in [2.45, 2.75) is 20.3 Å². The van der Waals surface area contributed by atoms with Crippen LogP contribution in [0.3, 0.4) is 0 Å². The highest BCUT2D eigenvalue weighted by Crippen LogP contribution is 2.08. The first-order chi connectivity index (χ1) is 7.63. The van der Waals surface area contributed by atoms with Crippen molar-refractivity contribution in [2.24, 2.45) is 7.05 Å². The number of aromatic nitrogens is 2. The minimum absolute atomic E-state index is 0.0525. The first-order valence-corrected chi connectivity index (χ1v) is 6.64. The van der Waals surface area contributed by atoms with E-state index in [9.17, 15) is 4.79 Å². The number of aryl methyl sites for hydroxylation is 2. The first kappa shape index (κ1) is 13.2. The summed E-state index contributed by atoms with van der Waals surface area (Å²) >= 11 is 3.35. The minimum Gasteiger partial charge on any atom is -0.337 e. The zero-order valence-electron chi connectivity index (χ0n) is 10.0. The highest BCUT2D eigenvalue weighted by Gasteiger charge is 2.17. The molecule has 16 heavy (non-hydrogen) atoms. The number of hydrogen-bond donors (Lipinski definition) is 0. The molecule has 0 N–H and O–H groups in total. The van der Waals surface area contributed by atoms with Gasteiger partial charge in [0.25, 0.3) is 5.91 Å². The number of amides is 1. The van der Waals surface area contributed by atoms with Gasteiger partial charge in [0.1, 0.15) is 5.69 Å². The maximum absolute atomic E-state index is 12.2. The third-order valence-corrected chi connectivity index (χ3v) is 2.89. The zero-order chi connectivity index (χ0) is 12.1. The smallest absolute Gasteiger partial charge is 0.272 e. The number of rotatable bonds is 5. The second-order valence-electron chi connectivity index (χ2n) is 3.57. The number of halogens is 1. The van der Waals surface area contributed by atoms with Crippen LogP contribution in [0.15, 0.2) is 6.07 Å². The van der Waals surface area contributed by atoms with Crippen molar-refractivity contribution >= 4 is 21.8 Å². The predicted octanol–water partition coefficient (Wildman–Crippen LogP) is 1.84. The lowest BCUT2D eigenvalue weighted by molar-refractivity contribution is 0.0764. The van der Waals surface area contributed by atoms with Crippen molar-refractivity contribution in [3.05, 3.63) is 17.5 Å². The lowest BCUT2D eigenvalue weighted by Gasteiger charge is -2.19. The summed E-state index contributed by atoms with van der Waals surface area (Å²) in [5.41, 5.74) is 1.63. The zero-order valence-corrected chi connectivity index (χ0v) is 11.6. The molecule has 1 aromatic heterocycles. The molecule has 1 rings (SSSR count). The van der Waals surface area contributed by atoms with Crippen LogP contribution in [0.2, 0.25) is 0 Å². The Balaban J connectivity index is 2.89. The SMILES string of the molecule is CCc1cc(C(=O)N(CC)CCBr)n(C)n1. The quantitative estimate of drug-likeness (QED) is 0.775. The number of alkyl halides is 1. The number of carbonyl (C=O) groups excluding carboxylic acids is 1. The molecule has 1 aromatic rings. The average molecular weight is 288 g/mol. The third kappa shape index (κ3) is 2.84. The molecule has 4 nitrogen and oxygen atoms in total. The summed E-state index contributed by atoms with van der Waals surface area (Å²) in [5, 5.41) is 5.08. The van der Waals surface area contributed by atoms with Crippen LogP contribution in [0, 0.1) is 0 Å². The van der Waals surface area contributed by atoms with E-state index < -0.39 is 0 Å². The van der Waals surface area contributed by atoms with Gasteiger partial charge in [-0.2, -0.15) is 5.10 Å². The van der Waals surface area contributed by atoms with Crippen molar-refractivity contribution in [3.8, 4) is 0 Å². The molecule has 1 heterocycles. The molecule has 0 fully saturated rings. The van der Waals surface area contributed by atoms with E-state index in [1.807, 2.05) is 31.9 Å². The summed E-state index contributed by atoms with van der Waals surface area (Å²) in [6.45, 7) is 5.46. The summed E-state index contributed by atoms with van der Waals surface area (Å²) in [6.07, 6.45) is 0.853. The molecule has 0 atom stereocenters. The van der Waals surface area contributed by atoms with Crippen molar-refractivity contribution in [1.29, 1.82) is 0 Å². The van der Waals surface area contributed by atoms with Gasteiger partial charge in [-0.25, -0.2) is 0 Å². The fourth-order valence-electron chi connectivity index (χ4n) is 1.57.